The Kier molecular flexibility index (Phi) is 6.10. The van der Waals surface area contributed by atoms with Crippen LogP contribution in [0.5, 0.6) is 0 Å². The quantitative estimate of drug-likeness (QED) is 0.265. The van der Waals surface area contributed by atoms with Gasteiger partial charge in [0.05, 0.1) is 5.41 Å². The van der Waals surface area contributed by atoms with Crippen LogP contribution in [0.4, 0.5) is 11.4 Å². The molecule has 0 aliphatic carbocycles. The standard InChI is InChI=1S/C35H39N2/c1-24-14-18-30-28(22-24)34(3,4)32(36(30)7)20-16-27(26-12-10-9-11-13-26)17-21-33-35(5,6)29-23-25(2)15-19-31(29)37(33)8/h9-23H,1-8H3/q+1. The summed E-state index contributed by atoms with van der Waals surface area (Å²) in [4.78, 5) is 2.35. The van der Waals surface area contributed by atoms with E-state index in [2.05, 4.69) is 156 Å². The highest BCUT2D eigenvalue weighted by atomic mass is 15.2. The van der Waals surface area contributed by atoms with Gasteiger partial charge in [0.1, 0.15) is 7.05 Å². The average molecular weight is 488 g/mol. The number of rotatable bonds is 4. The molecule has 2 aliphatic rings. The van der Waals surface area contributed by atoms with E-state index in [1.807, 2.05) is 0 Å². The first-order chi connectivity index (χ1) is 17.5. The number of hydrogen-bond acceptors (Lipinski definition) is 1. The molecule has 0 saturated carbocycles. The molecule has 0 bridgehead atoms. The highest BCUT2D eigenvalue weighted by Gasteiger charge is 2.43. The van der Waals surface area contributed by atoms with Gasteiger partial charge < -0.3 is 4.90 Å². The van der Waals surface area contributed by atoms with Crippen LogP contribution in [0.25, 0.3) is 5.57 Å². The number of allylic oxidation sites excluding steroid dienone is 6. The monoisotopic (exact) mass is 487 g/mol. The SMILES string of the molecule is Cc1ccc2c(c1)C(C)(C)C(=CC=C(C=CC1=[N+](C)c3ccc(C)cc3C1(C)C)c1ccccc1)N2C. The number of nitrogens with zero attached hydrogens (tertiary/aromatic N) is 2. The van der Waals surface area contributed by atoms with Gasteiger partial charge in [0.15, 0.2) is 5.71 Å². The maximum absolute atomic E-state index is 2.35. The molecule has 3 aromatic carbocycles. The Balaban J connectivity index is 1.57. The zero-order valence-corrected chi connectivity index (χ0v) is 23.6. The molecular weight excluding hydrogens is 448 g/mol. The molecule has 5 rings (SSSR count). The fourth-order valence-electron chi connectivity index (χ4n) is 6.12. The zero-order valence-electron chi connectivity index (χ0n) is 23.6. The van der Waals surface area contributed by atoms with Gasteiger partial charge >= 0.3 is 0 Å². The minimum Gasteiger partial charge on any atom is -0.347 e. The number of benzene rings is 3. The molecule has 0 N–H and O–H groups in total. The highest BCUT2D eigenvalue weighted by Crippen LogP contribution is 2.47. The Morgan fingerprint density at radius 1 is 0.811 bits per heavy atom. The molecule has 2 aliphatic heterocycles. The van der Waals surface area contributed by atoms with E-state index in [-0.39, 0.29) is 10.8 Å². The van der Waals surface area contributed by atoms with E-state index in [4.69, 9.17) is 0 Å². The van der Waals surface area contributed by atoms with Crippen LogP contribution in [0, 0.1) is 13.8 Å². The Morgan fingerprint density at radius 3 is 2.16 bits per heavy atom. The molecular formula is C35H39N2+. The predicted molar refractivity (Wildman–Crippen MR) is 159 cm³/mol. The van der Waals surface area contributed by atoms with E-state index in [1.165, 1.54) is 56.2 Å². The average Bonchev–Trinajstić information content (AvgIpc) is 3.17. The maximum atomic E-state index is 2.35. The third kappa shape index (κ3) is 4.19. The van der Waals surface area contributed by atoms with Gasteiger partial charge in [-0.1, -0.05) is 79.6 Å². The molecule has 0 spiro atoms. The molecule has 0 atom stereocenters. The van der Waals surface area contributed by atoms with Crippen LogP contribution >= 0.6 is 0 Å². The van der Waals surface area contributed by atoms with Crippen molar-refractivity contribution in [3.8, 4) is 0 Å². The minimum atomic E-state index is -0.0555. The van der Waals surface area contributed by atoms with E-state index in [0.717, 1.165) is 0 Å². The van der Waals surface area contributed by atoms with Crippen LogP contribution < -0.4 is 4.90 Å². The lowest BCUT2D eigenvalue weighted by molar-refractivity contribution is -0.401. The molecule has 0 fully saturated rings. The van der Waals surface area contributed by atoms with Crippen molar-refractivity contribution in [3.63, 3.8) is 0 Å². The molecule has 0 saturated heterocycles. The number of aryl methyl sites for hydroxylation is 2. The molecule has 37 heavy (non-hydrogen) atoms. The van der Waals surface area contributed by atoms with Crippen molar-refractivity contribution in [2.24, 2.45) is 0 Å². The summed E-state index contributed by atoms with van der Waals surface area (Å²) in [5.41, 5.74) is 12.9. The summed E-state index contributed by atoms with van der Waals surface area (Å²) in [6, 6.07) is 24.3. The smallest absolute Gasteiger partial charge is 0.209 e. The molecule has 3 aromatic rings. The number of likely N-dealkylation sites (N-methyl/N-ethyl adjacent to an activating group) is 1. The second-order valence-electron chi connectivity index (χ2n) is 11.7. The lowest BCUT2D eigenvalue weighted by Gasteiger charge is -2.24. The van der Waals surface area contributed by atoms with Crippen molar-refractivity contribution in [2.75, 3.05) is 19.0 Å². The molecule has 2 nitrogen and oxygen atoms in total. The van der Waals surface area contributed by atoms with E-state index < -0.39 is 0 Å². The first kappa shape index (κ1) is 25.0. The number of fused-ring (bicyclic) bond motifs is 2. The summed E-state index contributed by atoms with van der Waals surface area (Å²) in [6.45, 7) is 13.7. The number of hydrogen-bond donors (Lipinski definition) is 0. The molecule has 0 amide bonds. The molecule has 0 unspecified atom stereocenters. The second-order valence-corrected chi connectivity index (χ2v) is 11.7. The fraction of sp³-hybridized carbons (Fsp3) is 0.286. The van der Waals surface area contributed by atoms with Crippen molar-refractivity contribution in [2.45, 2.75) is 52.4 Å². The Hall–Kier alpha value is -3.65. The van der Waals surface area contributed by atoms with Crippen molar-refractivity contribution in [1.82, 2.24) is 0 Å². The molecule has 0 aromatic heterocycles. The first-order valence-corrected chi connectivity index (χ1v) is 13.2. The summed E-state index contributed by atoms with van der Waals surface area (Å²) in [5, 5.41) is 0. The summed E-state index contributed by atoms with van der Waals surface area (Å²) in [7, 11) is 4.37. The van der Waals surface area contributed by atoms with Crippen molar-refractivity contribution < 1.29 is 4.58 Å². The predicted octanol–water partition coefficient (Wildman–Crippen LogP) is 8.26. The van der Waals surface area contributed by atoms with Gasteiger partial charge in [0.25, 0.3) is 0 Å². The van der Waals surface area contributed by atoms with E-state index in [9.17, 15) is 0 Å². The molecule has 0 radical (unpaired) electrons. The molecule has 2 heterocycles. The van der Waals surface area contributed by atoms with E-state index in [0.29, 0.717) is 0 Å². The number of anilines is 1. The zero-order chi connectivity index (χ0) is 26.5. The van der Waals surface area contributed by atoms with Crippen LogP contribution in [0.3, 0.4) is 0 Å². The van der Waals surface area contributed by atoms with E-state index in [1.54, 1.807) is 0 Å². The molecule has 188 valence electrons. The Labute approximate surface area is 223 Å². The lowest BCUT2D eigenvalue weighted by atomic mass is 9.80. The van der Waals surface area contributed by atoms with Crippen molar-refractivity contribution in [3.05, 3.63) is 125 Å². The van der Waals surface area contributed by atoms with Gasteiger partial charge in [-0.25, -0.2) is 0 Å². The normalized spacial score (nSPS) is 19.2. The summed E-state index contributed by atoms with van der Waals surface area (Å²) in [6.07, 6.45) is 9.21. The first-order valence-electron chi connectivity index (χ1n) is 13.2. The Bertz CT molecular complexity index is 1490. The van der Waals surface area contributed by atoms with Crippen LogP contribution in [0.15, 0.2) is 96.7 Å². The minimum absolute atomic E-state index is 0.0555. The van der Waals surface area contributed by atoms with Crippen LogP contribution in [0.1, 0.15) is 55.5 Å². The molecule has 2 heteroatoms. The topological polar surface area (TPSA) is 6.25 Å². The van der Waals surface area contributed by atoms with E-state index >= 15 is 0 Å². The fourth-order valence-corrected chi connectivity index (χ4v) is 6.12. The van der Waals surface area contributed by atoms with Gasteiger partial charge in [0, 0.05) is 41.6 Å². The van der Waals surface area contributed by atoms with Gasteiger partial charge in [0.2, 0.25) is 5.69 Å². The van der Waals surface area contributed by atoms with Crippen LogP contribution in [0.2, 0.25) is 0 Å². The van der Waals surface area contributed by atoms with Gasteiger partial charge in [-0.05, 0) is 68.7 Å². The summed E-state index contributed by atoms with van der Waals surface area (Å²) >= 11 is 0. The Morgan fingerprint density at radius 2 is 1.46 bits per heavy atom. The van der Waals surface area contributed by atoms with Gasteiger partial charge in [-0.2, -0.15) is 4.58 Å². The van der Waals surface area contributed by atoms with Gasteiger partial charge in [-0.15, -0.1) is 0 Å². The highest BCUT2D eigenvalue weighted by molar-refractivity contribution is 6.04. The third-order valence-corrected chi connectivity index (χ3v) is 8.33. The van der Waals surface area contributed by atoms with Gasteiger partial charge in [-0.3, -0.25) is 0 Å². The van der Waals surface area contributed by atoms with Crippen LogP contribution in [-0.4, -0.2) is 24.4 Å². The lowest BCUT2D eigenvalue weighted by Crippen LogP contribution is -2.26. The van der Waals surface area contributed by atoms with Crippen molar-refractivity contribution >= 4 is 22.7 Å². The van der Waals surface area contributed by atoms with Crippen LogP contribution in [-0.2, 0) is 10.8 Å². The van der Waals surface area contributed by atoms with Crippen molar-refractivity contribution in [1.29, 1.82) is 0 Å². The maximum Gasteiger partial charge on any atom is 0.209 e. The third-order valence-electron chi connectivity index (χ3n) is 8.33. The largest absolute Gasteiger partial charge is 0.347 e. The second kappa shape index (κ2) is 9.03. The summed E-state index contributed by atoms with van der Waals surface area (Å²) in [5.74, 6) is 0. The summed E-state index contributed by atoms with van der Waals surface area (Å²) < 4.78 is 2.35.